The zero-order valence-corrected chi connectivity index (χ0v) is 18.6. The van der Waals surface area contributed by atoms with Crippen molar-refractivity contribution in [2.75, 3.05) is 33.2 Å². The number of guanidine groups is 1. The molecular weight excluding hydrogens is 435 g/mol. The summed E-state index contributed by atoms with van der Waals surface area (Å²) in [5.74, 6) is 0.751. The molecule has 0 spiro atoms. The number of halogens is 1. The highest BCUT2D eigenvalue weighted by Gasteiger charge is 2.23. The molecule has 2 unspecified atom stereocenters. The Balaban J connectivity index is 0.00000529. The average Bonchev–Trinajstić information content (AvgIpc) is 3.07. The Kier molecular flexibility index (Phi) is 11.9. The molecule has 3 N–H and O–H groups in total. The van der Waals surface area contributed by atoms with Gasteiger partial charge in [0.1, 0.15) is 5.60 Å². The van der Waals surface area contributed by atoms with Crippen LogP contribution in [-0.2, 0) is 5.60 Å². The van der Waals surface area contributed by atoms with Gasteiger partial charge in [-0.25, -0.2) is 4.99 Å². The summed E-state index contributed by atoms with van der Waals surface area (Å²) in [7, 11) is 2.14. The van der Waals surface area contributed by atoms with Gasteiger partial charge >= 0.3 is 0 Å². The highest BCUT2D eigenvalue weighted by molar-refractivity contribution is 14.0. The van der Waals surface area contributed by atoms with Crippen LogP contribution >= 0.6 is 35.3 Å². The van der Waals surface area contributed by atoms with Gasteiger partial charge in [0.15, 0.2) is 5.96 Å². The van der Waals surface area contributed by atoms with E-state index in [9.17, 15) is 5.11 Å². The van der Waals surface area contributed by atoms with E-state index >= 15 is 0 Å². The first-order valence-corrected chi connectivity index (χ1v) is 9.32. The van der Waals surface area contributed by atoms with Crippen molar-refractivity contribution in [3.63, 3.8) is 0 Å². The third-order valence-electron chi connectivity index (χ3n) is 4.13. The number of nitrogens with zero attached hydrogens (tertiary/aromatic N) is 2. The molecule has 0 saturated heterocycles. The highest BCUT2D eigenvalue weighted by atomic mass is 127. The van der Waals surface area contributed by atoms with E-state index in [4.69, 9.17) is 0 Å². The molecule has 0 saturated carbocycles. The zero-order valence-electron chi connectivity index (χ0n) is 15.5. The second-order valence-corrected chi connectivity index (χ2v) is 6.93. The number of likely N-dealkylation sites (N-methyl/N-ethyl adjacent to an activating group) is 1. The molecule has 0 aliphatic carbocycles. The maximum Gasteiger partial charge on any atom is 0.191 e. The lowest BCUT2D eigenvalue weighted by Gasteiger charge is -2.24. The van der Waals surface area contributed by atoms with Crippen LogP contribution in [0.15, 0.2) is 21.8 Å². The maximum absolute atomic E-state index is 10.5. The van der Waals surface area contributed by atoms with E-state index in [1.807, 2.05) is 23.8 Å². The van der Waals surface area contributed by atoms with Crippen LogP contribution in [0.2, 0.25) is 0 Å². The van der Waals surface area contributed by atoms with Crippen molar-refractivity contribution < 1.29 is 5.11 Å². The molecule has 0 fully saturated rings. The summed E-state index contributed by atoms with van der Waals surface area (Å²) in [5.41, 5.74) is -0.0193. The van der Waals surface area contributed by atoms with E-state index < -0.39 is 5.60 Å². The summed E-state index contributed by atoms with van der Waals surface area (Å²) in [6, 6.07) is 2.53. The first-order chi connectivity index (χ1) is 10.9. The van der Waals surface area contributed by atoms with Crippen LogP contribution in [0.4, 0.5) is 0 Å². The zero-order chi connectivity index (χ0) is 17.3. The third-order valence-corrected chi connectivity index (χ3v) is 4.82. The molecular formula is C17H33IN4OS. The Morgan fingerprint density at radius 3 is 2.67 bits per heavy atom. The molecule has 1 heterocycles. The van der Waals surface area contributed by atoms with Gasteiger partial charge in [0, 0.05) is 25.7 Å². The molecule has 0 aliphatic heterocycles. The molecule has 0 amide bonds. The van der Waals surface area contributed by atoms with Gasteiger partial charge in [0.2, 0.25) is 0 Å². The summed E-state index contributed by atoms with van der Waals surface area (Å²) in [6.07, 6.45) is 1.15. The molecule has 7 heteroatoms. The summed E-state index contributed by atoms with van der Waals surface area (Å²) in [6.45, 7) is 11.2. The fraction of sp³-hybridized carbons (Fsp3) is 0.706. The van der Waals surface area contributed by atoms with E-state index in [0.717, 1.165) is 37.6 Å². The van der Waals surface area contributed by atoms with Gasteiger partial charge in [-0.1, -0.05) is 6.92 Å². The molecule has 140 valence electrons. The number of thiophene rings is 1. The smallest absolute Gasteiger partial charge is 0.191 e. The van der Waals surface area contributed by atoms with E-state index in [-0.39, 0.29) is 24.0 Å². The lowest BCUT2D eigenvalue weighted by molar-refractivity contribution is 0.0677. The Bertz CT molecular complexity index is 465. The molecule has 1 aromatic rings. The van der Waals surface area contributed by atoms with Crippen molar-refractivity contribution in [2.45, 2.75) is 45.8 Å². The summed E-state index contributed by atoms with van der Waals surface area (Å²) >= 11 is 1.59. The predicted molar refractivity (Wildman–Crippen MR) is 116 cm³/mol. The lowest BCUT2D eigenvalue weighted by atomic mass is 10.00. The van der Waals surface area contributed by atoms with E-state index in [1.54, 1.807) is 18.3 Å². The van der Waals surface area contributed by atoms with Crippen molar-refractivity contribution in [2.24, 2.45) is 4.99 Å². The molecule has 0 aromatic carbocycles. The minimum absolute atomic E-state index is 0. The van der Waals surface area contributed by atoms with E-state index in [2.05, 4.69) is 41.4 Å². The average molecular weight is 468 g/mol. The van der Waals surface area contributed by atoms with Crippen LogP contribution < -0.4 is 10.6 Å². The van der Waals surface area contributed by atoms with Gasteiger partial charge < -0.3 is 20.6 Å². The highest BCUT2D eigenvalue weighted by Crippen LogP contribution is 2.23. The number of rotatable bonds is 9. The van der Waals surface area contributed by atoms with E-state index in [1.165, 1.54) is 0 Å². The molecule has 0 radical (unpaired) electrons. The molecule has 5 nitrogen and oxygen atoms in total. The van der Waals surface area contributed by atoms with Crippen molar-refractivity contribution in [1.29, 1.82) is 0 Å². The van der Waals surface area contributed by atoms with Gasteiger partial charge in [-0.05, 0) is 56.6 Å². The van der Waals surface area contributed by atoms with Crippen LogP contribution in [0.25, 0.3) is 0 Å². The van der Waals surface area contributed by atoms with Crippen molar-refractivity contribution >= 4 is 41.3 Å². The number of hydrogen-bond donors (Lipinski definition) is 3. The first-order valence-electron chi connectivity index (χ1n) is 8.38. The Morgan fingerprint density at radius 1 is 1.42 bits per heavy atom. The number of hydrogen-bond acceptors (Lipinski definition) is 4. The minimum atomic E-state index is -0.935. The summed E-state index contributed by atoms with van der Waals surface area (Å²) < 4.78 is 0. The molecule has 24 heavy (non-hydrogen) atoms. The standard InChI is InChI=1S/C17H32N4OS.HI/c1-6-14(3)21(5)10-9-19-16(18-7-2)20-13-17(4,22)15-8-11-23-12-15;/h8,11-12,14,22H,6-7,9-10,13H2,1-5H3,(H2,18,19,20);1H. The third kappa shape index (κ3) is 8.13. The van der Waals surface area contributed by atoms with Gasteiger partial charge in [-0.15, -0.1) is 24.0 Å². The second-order valence-electron chi connectivity index (χ2n) is 6.15. The second kappa shape index (κ2) is 12.1. The number of aliphatic hydroxyl groups is 1. The van der Waals surface area contributed by atoms with Gasteiger partial charge in [0.05, 0.1) is 6.54 Å². The number of aliphatic imine (C=N–C) groups is 1. The van der Waals surface area contributed by atoms with E-state index in [0.29, 0.717) is 12.6 Å². The summed E-state index contributed by atoms with van der Waals surface area (Å²) in [4.78, 5) is 6.86. The quantitative estimate of drug-likeness (QED) is 0.297. The fourth-order valence-corrected chi connectivity index (χ4v) is 2.90. The first kappa shape index (κ1) is 23.6. The Hall–Kier alpha value is -0.380. The minimum Gasteiger partial charge on any atom is -0.383 e. The van der Waals surface area contributed by atoms with Crippen LogP contribution in [0.5, 0.6) is 0 Å². The maximum atomic E-state index is 10.5. The summed E-state index contributed by atoms with van der Waals surface area (Å²) in [5, 5.41) is 21.1. The van der Waals surface area contributed by atoms with Gasteiger partial charge in [-0.2, -0.15) is 11.3 Å². The van der Waals surface area contributed by atoms with Crippen LogP contribution in [0.3, 0.4) is 0 Å². The fourth-order valence-electron chi connectivity index (χ4n) is 2.12. The normalized spacial score (nSPS) is 15.5. The molecule has 1 rings (SSSR count). The van der Waals surface area contributed by atoms with Crippen LogP contribution in [0.1, 0.15) is 39.7 Å². The monoisotopic (exact) mass is 468 g/mol. The van der Waals surface area contributed by atoms with Crippen molar-refractivity contribution in [1.82, 2.24) is 15.5 Å². The topological polar surface area (TPSA) is 59.9 Å². The largest absolute Gasteiger partial charge is 0.383 e. The predicted octanol–water partition coefficient (Wildman–Crippen LogP) is 2.86. The molecule has 2 atom stereocenters. The SMILES string of the molecule is CCNC(=NCC(C)(O)c1ccsc1)NCCN(C)C(C)CC.I. The molecule has 0 aliphatic rings. The number of nitrogens with one attached hydrogen (secondary N) is 2. The molecule has 0 bridgehead atoms. The van der Waals surface area contributed by atoms with Crippen molar-refractivity contribution in [3.05, 3.63) is 22.4 Å². The molecule has 1 aromatic heterocycles. The van der Waals surface area contributed by atoms with Crippen LogP contribution in [-0.4, -0.2) is 55.2 Å². The lowest BCUT2D eigenvalue weighted by Crippen LogP contribution is -2.43. The van der Waals surface area contributed by atoms with Crippen LogP contribution in [0, 0.1) is 0 Å². The van der Waals surface area contributed by atoms with Crippen molar-refractivity contribution in [3.8, 4) is 0 Å². The Morgan fingerprint density at radius 2 is 2.12 bits per heavy atom. The van der Waals surface area contributed by atoms with Gasteiger partial charge in [-0.3, -0.25) is 0 Å². The van der Waals surface area contributed by atoms with Gasteiger partial charge in [0.25, 0.3) is 0 Å². The Labute approximate surface area is 168 Å².